The van der Waals surface area contributed by atoms with Crippen molar-refractivity contribution < 1.29 is 23.8 Å². The number of carbonyl (C=O) groups is 2. The predicted octanol–water partition coefficient (Wildman–Crippen LogP) is 1.23. The quantitative estimate of drug-likeness (QED) is 0.351. The van der Waals surface area contributed by atoms with Crippen LogP contribution in [0.2, 0.25) is 0 Å². The van der Waals surface area contributed by atoms with E-state index in [9.17, 15) is 14.7 Å². The molecule has 0 amide bonds. The predicted molar refractivity (Wildman–Crippen MR) is 53.4 cm³/mol. The Labute approximate surface area is 90.6 Å². The van der Waals surface area contributed by atoms with Gasteiger partial charge in [0.25, 0.3) is 0 Å². The summed E-state index contributed by atoms with van der Waals surface area (Å²) in [5.41, 5.74) is -0.317. The molecule has 2 rings (SSSR count). The molecular formula is C11H8O5. The minimum atomic E-state index is -0.799. The van der Waals surface area contributed by atoms with Crippen LogP contribution < -0.4 is 0 Å². The van der Waals surface area contributed by atoms with Crippen molar-refractivity contribution in [2.75, 3.05) is 6.61 Å². The van der Waals surface area contributed by atoms with Crippen LogP contribution in [0.4, 0.5) is 0 Å². The van der Waals surface area contributed by atoms with Gasteiger partial charge in [-0.1, -0.05) is 0 Å². The number of aliphatic hydroxyl groups excluding tert-OH is 1. The van der Waals surface area contributed by atoms with Gasteiger partial charge in [0.15, 0.2) is 6.61 Å². The van der Waals surface area contributed by atoms with E-state index in [2.05, 4.69) is 4.74 Å². The molecule has 2 heterocycles. The Hall–Kier alpha value is -2.30. The van der Waals surface area contributed by atoms with E-state index >= 15 is 0 Å². The molecule has 16 heavy (non-hydrogen) atoms. The molecule has 0 bridgehead atoms. The van der Waals surface area contributed by atoms with Gasteiger partial charge in [-0.25, -0.2) is 4.79 Å². The number of rotatable bonds is 2. The number of allylic oxidation sites excluding steroid dienone is 1. The molecule has 1 aliphatic heterocycles. The van der Waals surface area contributed by atoms with Crippen LogP contribution in [0.5, 0.6) is 0 Å². The van der Waals surface area contributed by atoms with E-state index < -0.39 is 17.5 Å². The van der Waals surface area contributed by atoms with Gasteiger partial charge in [0.2, 0.25) is 5.78 Å². The van der Waals surface area contributed by atoms with Crippen molar-refractivity contribution in [2.24, 2.45) is 0 Å². The number of Topliss-reactive ketones (excluding diaryl/α,β-unsaturated/α-hetero) is 1. The Kier molecular flexibility index (Phi) is 2.59. The van der Waals surface area contributed by atoms with E-state index in [0.717, 1.165) is 0 Å². The average Bonchev–Trinajstić information content (AvgIpc) is 2.86. The minimum Gasteiger partial charge on any atom is -0.507 e. The van der Waals surface area contributed by atoms with E-state index in [1.165, 1.54) is 18.4 Å². The van der Waals surface area contributed by atoms with E-state index in [0.29, 0.717) is 5.76 Å². The molecule has 82 valence electrons. The van der Waals surface area contributed by atoms with Crippen LogP contribution in [0, 0.1) is 0 Å². The van der Waals surface area contributed by atoms with Gasteiger partial charge in [-0.05, 0) is 24.3 Å². The van der Waals surface area contributed by atoms with Gasteiger partial charge in [-0.15, -0.1) is 0 Å². The molecule has 1 aliphatic rings. The van der Waals surface area contributed by atoms with E-state index in [4.69, 9.17) is 4.42 Å². The van der Waals surface area contributed by atoms with Crippen LogP contribution in [0.1, 0.15) is 5.76 Å². The summed E-state index contributed by atoms with van der Waals surface area (Å²) in [5, 5.41) is 9.52. The Bertz CT molecular complexity index is 460. The van der Waals surface area contributed by atoms with Crippen molar-refractivity contribution in [3.63, 3.8) is 0 Å². The first-order valence-corrected chi connectivity index (χ1v) is 4.53. The van der Waals surface area contributed by atoms with Crippen molar-refractivity contribution in [3.05, 3.63) is 41.6 Å². The van der Waals surface area contributed by atoms with Crippen LogP contribution in [0.15, 0.2) is 40.2 Å². The van der Waals surface area contributed by atoms with Crippen LogP contribution in [-0.4, -0.2) is 23.5 Å². The lowest BCUT2D eigenvalue weighted by atomic mass is 10.1. The summed E-state index contributed by atoms with van der Waals surface area (Å²) in [7, 11) is 0. The van der Waals surface area contributed by atoms with Gasteiger partial charge >= 0.3 is 5.97 Å². The Balaban J connectivity index is 2.24. The zero-order chi connectivity index (χ0) is 11.5. The summed E-state index contributed by atoms with van der Waals surface area (Å²) < 4.78 is 9.45. The first-order chi connectivity index (χ1) is 7.68. The lowest BCUT2D eigenvalue weighted by Crippen LogP contribution is -2.04. The standard InChI is InChI=1S/C11H8O5/c12-8(4-3-7-2-1-5-15-7)10-9(13)6-16-11(10)14/h1-5,12H,6H2/b4-3+,10-8-. The summed E-state index contributed by atoms with van der Waals surface area (Å²) in [5.74, 6) is -1.23. The summed E-state index contributed by atoms with van der Waals surface area (Å²) in [4.78, 5) is 22.2. The second-order valence-electron chi connectivity index (χ2n) is 3.11. The SMILES string of the molecule is O=C1COC(=O)/C1=C(O)/C=C/c1ccco1. The molecule has 0 aliphatic carbocycles. The number of ketones is 1. The van der Waals surface area contributed by atoms with Crippen molar-refractivity contribution >= 4 is 17.8 Å². The van der Waals surface area contributed by atoms with Gasteiger partial charge < -0.3 is 14.3 Å². The minimum absolute atomic E-state index is 0.313. The third-order valence-corrected chi connectivity index (χ3v) is 2.02. The number of esters is 1. The smallest absolute Gasteiger partial charge is 0.346 e. The normalized spacial score (nSPS) is 19.2. The Morgan fingerprint density at radius 1 is 1.44 bits per heavy atom. The maximum atomic E-state index is 11.2. The topological polar surface area (TPSA) is 76.7 Å². The summed E-state index contributed by atoms with van der Waals surface area (Å²) in [6.45, 7) is -0.313. The Morgan fingerprint density at radius 3 is 2.81 bits per heavy atom. The van der Waals surface area contributed by atoms with Crippen LogP contribution in [0.25, 0.3) is 6.08 Å². The van der Waals surface area contributed by atoms with Crippen molar-refractivity contribution in [2.45, 2.75) is 0 Å². The average molecular weight is 220 g/mol. The molecule has 1 aromatic rings. The van der Waals surface area contributed by atoms with E-state index in [1.807, 2.05) is 0 Å². The first kappa shape index (κ1) is 10.2. The van der Waals surface area contributed by atoms with Crippen LogP contribution >= 0.6 is 0 Å². The second-order valence-corrected chi connectivity index (χ2v) is 3.11. The molecule has 1 fully saturated rings. The van der Waals surface area contributed by atoms with Crippen molar-refractivity contribution in [3.8, 4) is 0 Å². The van der Waals surface area contributed by atoms with E-state index in [1.54, 1.807) is 12.1 Å². The molecule has 1 saturated heterocycles. The highest BCUT2D eigenvalue weighted by Gasteiger charge is 2.31. The molecule has 0 unspecified atom stereocenters. The number of ether oxygens (including phenoxy) is 1. The molecule has 5 nitrogen and oxygen atoms in total. The molecule has 1 N–H and O–H groups in total. The van der Waals surface area contributed by atoms with Crippen molar-refractivity contribution in [1.29, 1.82) is 0 Å². The molecule has 0 saturated carbocycles. The third kappa shape index (κ3) is 1.88. The zero-order valence-electron chi connectivity index (χ0n) is 8.17. The van der Waals surface area contributed by atoms with Gasteiger partial charge in [-0.2, -0.15) is 0 Å². The number of hydrogen-bond donors (Lipinski definition) is 1. The fourth-order valence-electron chi connectivity index (χ4n) is 1.27. The molecule has 0 atom stereocenters. The molecule has 5 heteroatoms. The summed E-state index contributed by atoms with van der Waals surface area (Å²) >= 11 is 0. The lowest BCUT2D eigenvalue weighted by molar-refractivity contribution is -0.135. The van der Waals surface area contributed by atoms with Gasteiger partial charge in [0.1, 0.15) is 17.1 Å². The number of hydrogen-bond acceptors (Lipinski definition) is 5. The zero-order valence-corrected chi connectivity index (χ0v) is 8.17. The van der Waals surface area contributed by atoms with Gasteiger partial charge in [0, 0.05) is 0 Å². The summed E-state index contributed by atoms with van der Waals surface area (Å²) in [6.07, 6.45) is 4.14. The van der Waals surface area contributed by atoms with Crippen LogP contribution in [0.3, 0.4) is 0 Å². The van der Waals surface area contributed by atoms with Gasteiger partial charge in [-0.3, -0.25) is 4.79 Å². The number of furan rings is 1. The number of aliphatic hydroxyl groups is 1. The maximum absolute atomic E-state index is 11.2. The molecule has 0 aromatic carbocycles. The summed E-state index contributed by atoms with van der Waals surface area (Å²) in [6, 6.07) is 3.35. The highest BCUT2D eigenvalue weighted by Crippen LogP contribution is 2.15. The molecule has 0 spiro atoms. The third-order valence-electron chi connectivity index (χ3n) is 2.02. The largest absolute Gasteiger partial charge is 0.507 e. The maximum Gasteiger partial charge on any atom is 0.346 e. The molecular weight excluding hydrogens is 212 g/mol. The Morgan fingerprint density at radius 2 is 2.25 bits per heavy atom. The number of carbonyl (C=O) groups excluding carboxylic acids is 2. The molecule has 0 radical (unpaired) electrons. The first-order valence-electron chi connectivity index (χ1n) is 4.53. The highest BCUT2D eigenvalue weighted by atomic mass is 16.5. The molecule has 1 aromatic heterocycles. The number of cyclic esters (lactones) is 1. The van der Waals surface area contributed by atoms with Crippen LogP contribution in [-0.2, 0) is 14.3 Å². The second kappa shape index (κ2) is 4.06. The van der Waals surface area contributed by atoms with Crippen molar-refractivity contribution in [1.82, 2.24) is 0 Å². The fraction of sp³-hybridized carbons (Fsp3) is 0.0909. The monoisotopic (exact) mass is 220 g/mol. The van der Waals surface area contributed by atoms with Gasteiger partial charge in [0.05, 0.1) is 6.26 Å². The highest BCUT2D eigenvalue weighted by molar-refractivity contribution is 6.22. The fourth-order valence-corrected chi connectivity index (χ4v) is 1.27. The lowest BCUT2D eigenvalue weighted by Gasteiger charge is -1.93. The van der Waals surface area contributed by atoms with E-state index in [-0.39, 0.29) is 12.2 Å².